The number of amides is 5. The lowest BCUT2D eigenvalue weighted by atomic mass is 9.73. The summed E-state index contributed by atoms with van der Waals surface area (Å²) in [6.45, 7) is 4.30. The molecule has 3 fully saturated rings. The summed E-state index contributed by atoms with van der Waals surface area (Å²) in [4.78, 5) is 75.9. The third-order valence-electron chi connectivity index (χ3n) is 13.6. The average Bonchev–Trinajstić information content (AvgIpc) is 3.85. The molecule has 4 aromatic rings. The van der Waals surface area contributed by atoms with Crippen molar-refractivity contribution in [3.8, 4) is 0 Å². The molecule has 3 atom stereocenters. The number of nitrogens with zero attached hydrogens (tertiary/aromatic N) is 5. The minimum Gasteiger partial charge on any atom is -0.370 e. The van der Waals surface area contributed by atoms with Crippen molar-refractivity contribution in [1.82, 2.24) is 29.9 Å². The maximum Gasteiger partial charge on any atom is 0.262 e. The summed E-state index contributed by atoms with van der Waals surface area (Å²) in [6, 6.07) is 10.9. The predicted molar refractivity (Wildman–Crippen MR) is 210 cm³/mol. The van der Waals surface area contributed by atoms with Crippen LogP contribution in [0.25, 0.3) is 10.9 Å². The van der Waals surface area contributed by atoms with Crippen LogP contribution in [0.4, 0.5) is 23.2 Å². The topological polar surface area (TPSA) is 129 Å². The Morgan fingerprint density at radius 2 is 1.62 bits per heavy atom. The van der Waals surface area contributed by atoms with Gasteiger partial charge in [0.15, 0.2) is 0 Å². The van der Waals surface area contributed by atoms with Crippen molar-refractivity contribution in [3.63, 3.8) is 0 Å². The highest BCUT2D eigenvalue weighted by Gasteiger charge is 2.48. The van der Waals surface area contributed by atoms with E-state index in [0.29, 0.717) is 44.0 Å². The number of carbonyl (C=O) groups is 5. The van der Waals surface area contributed by atoms with Crippen molar-refractivity contribution >= 4 is 46.1 Å². The molecule has 1 spiro atoms. The van der Waals surface area contributed by atoms with Gasteiger partial charge in [0.25, 0.3) is 18.2 Å². The van der Waals surface area contributed by atoms with E-state index >= 15 is 8.78 Å². The number of likely N-dealkylation sites (tertiary alicyclic amines) is 1. The van der Waals surface area contributed by atoms with Crippen LogP contribution < -0.4 is 10.2 Å². The van der Waals surface area contributed by atoms with Gasteiger partial charge in [-0.2, -0.15) is 0 Å². The van der Waals surface area contributed by atoms with E-state index in [0.717, 1.165) is 45.3 Å². The molecule has 312 valence electrons. The van der Waals surface area contributed by atoms with E-state index < -0.39 is 60.3 Å². The van der Waals surface area contributed by atoms with Crippen molar-refractivity contribution < 1.29 is 41.5 Å². The summed E-state index contributed by atoms with van der Waals surface area (Å²) in [6.07, 6.45) is -0.393. The molecule has 0 radical (unpaired) electrons. The molecule has 60 heavy (non-hydrogen) atoms. The van der Waals surface area contributed by atoms with Crippen LogP contribution in [-0.2, 0) is 33.9 Å². The average molecular weight is 826 g/mol. The third-order valence-corrected chi connectivity index (χ3v) is 13.6. The molecule has 3 aromatic carbocycles. The first-order chi connectivity index (χ1) is 28.8. The lowest BCUT2D eigenvalue weighted by Gasteiger charge is -2.55. The fourth-order valence-corrected chi connectivity index (χ4v) is 10.8. The Bertz CT molecular complexity index is 2450. The van der Waals surface area contributed by atoms with E-state index in [1.54, 1.807) is 17.0 Å². The molecule has 6 aliphatic rings. The molecule has 0 aliphatic carbocycles. The number of fused-ring (bicyclic) bond motifs is 5. The van der Waals surface area contributed by atoms with Crippen LogP contribution in [0.5, 0.6) is 0 Å². The third kappa shape index (κ3) is 6.28. The number of hydrogen-bond donors (Lipinski definition) is 2. The van der Waals surface area contributed by atoms with Gasteiger partial charge in [-0.25, -0.2) is 17.6 Å². The second kappa shape index (κ2) is 14.3. The monoisotopic (exact) mass is 825 g/mol. The fraction of sp³-hybridized carbons (Fsp3) is 0.432. The zero-order chi connectivity index (χ0) is 41.8. The lowest BCUT2D eigenvalue weighted by Crippen LogP contribution is -2.63. The van der Waals surface area contributed by atoms with Crippen molar-refractivity contribution in [1.29, 1.82) is 0 Å². The van der Waals surface area contributed by atoms with Gasteiger partial charge < -0.3 is 14.8 Å². The van der Waals surface area contributed by atoms with Gasteiger partial charge in [-0.3, -0.25) is 44.0 Å². The number of para-hydroxylation sites is 1. The number of aromatic nitrogens is 1. The van der Waals surface area contributed by atoms with Gasteiger partial charge in [0.1, 0.15) is 17.7 Å². The molecule has 1 aromatic heterocycles. The van der Waals surface area contributed by atoms with Gasteiger partial charge >= 0.3 is 0 Å². The maximum atomic E-state index is 16.3. The van der Waals surface area contributed by atoms with E-state index in [-0.39, 0.29) is 66.5 Å². The van der Waals surface area contributed by atoms with E-state index in [1.807, 2.05) is 36.1 Å². The molecule has 1 unspecified atom stereocenters. The molecular weight excluding hydrogens is 783 g/mol. The van der Waals surface area contributed by atoms with Crippen LogP contribution >= 0.6 is 0 Å². The zero-order valence-electron chi connectivity index (χ0n) is 32.9. The van der Waals surface area contributed by atoms with E-state index in [9.17, 15) is 32.8 Å². The van der Waals surface area contributed by atoms with Crippen LogP contribution in [0.15, 0.2) is 48.5 Å². The number of halogens is 4. The molecule has 0 bridgehead atoms. The fourth-order valence-electron chi connectivity index (χ4n) is 10.8. The number of carbonyl (C=O) groups excluding carboxylic acids is 5. The highest BCUT2D eigenvalue weighted by molar-refractivity contribution is 6.23. The van der Waals surface area contributed by atoms with Gasteiger partial charge in [-0.15, -0.1) is 0 Å². The van der Waals surface area contributed by atoms with Crippen LogP contribution in [-0.4, -0.2) is 112 Å². The minimum absolute atomic E-state index is 0.0313. The Kier molecular flexibility index (Phi) is 9.17. The number of alkyl halides is 2. The number of nitrogens with one attached hydrogen (secondary N) is 2. The second-order valence-electron chi connectivity index (χ2n) is 17.5. The minimum atomic E-state index is -2.69. The van der Waals surface area contributed by atoms with Crippen molar-refractivity contribution in [2.24, 2.45) is 5.41 Å². The molecule has 10 rings (SSSR count). The van der Waals surface area contributed by atoms with Gasteiger partial charge in [0, 0.05) is 78.4 Å². The summed E-state index contributed by atoms with van der Waals surface area (Å²) >= 11 is 0. The largest absolute Gasteiger partial charge is 0.370 e. The summed E-state index contributed by atoms with van der Waals surface area (Å²) in [5.74, 6) is -3.98. The standard InChI is InChI=1S/C44H43F4N7O5/c1-23-11-28-27-5-2-3-6-33(27)49-39(28)40(54(23)18-35(47)48)38-31(45)14-26(15-32(38)46)53-21-44(22-53)9-4-10-51(20-44)19-37(57)52-16-24-12-29-30(13-25(24)17-52)43(60)55(42(29)59)34-7-8-36(56)50-41(34)58/h2-3,5-6,12-15,23,34-35,40,49H,4,7-11,16-22H2,1H3,(H,50,56,58)/t23-,34?,40-/m1/s1. The second-order valence-corrected chi connectivity index (χ2v) is 17.5. The van der Waals surface area contributed by atoms with Gasteiger partial charge in [0.2, 0.25) is 17.7 Å². The number of H-pyrrole nitrogens is 1. The number of rotatable bonds is 7. The van der Waals surface area contributed by atoms with Crippen LogP contribution in [0, 0.1) is 17.0 Å². The quantitative estimate of drug-likeness (QED) is 0.199. The number of aromatic amines is 1. The molecule has 5 amide bonds. The maximum absolute atomic E-state index is 16.3. The zero-order valence-corrected chi connectivity index (χ0v) is 32.9. The Hall–Kier alpha value is -5.61. The Morgan fingerprint density at radius 1 is 0.933 bits per heavy atom. The molecule has 6 aliphatic heterocycles. The van der Waals surface area contributed by atoms with Crippen molar-refractivity contribution in [2.75, 3.05) is 44.2 Å². The summed E-state index contributed by atoms with van der Waals surface area (Å²) in [7, 11) is 0. The van der Waals surface area contributed by atoms with Crippen LogP contribution in [0.3, 0.4) is 0 Å². The highest BCUT2D eigenvalue weighted by Crippen LogP contribution is 2.46. The normalized spacial score (nSPS) is 24.0. The smallest absolute Gasteiger partial charge is 0.262 e. The Balaban J connectivity index is 0.800. The van der Waals surface area contributed by atoms with Crippen molar-refractivity contribution in [3.05, 3.63) is 99.2 Å². The Labute approximate surface area is 342 Å². The van der Waals surface area contributed by atoms with Gasteiger partial charge in [-0.05, 0) is 86.2 Å². The molecular formula is C44H43F4N7O5. The number of piperidine rings is 2. The van der Waals surface area contributed by atoms with E-state index in [1.165, 1.54) is 17.0 Å². The number of hydrogen-bond acceptors (Lipinski definition) is 8. The van der Waals surface area contributed by atoms with Gasteiger partial charge in [-0.1, -0.05) is 18.2 Å². The predicted octanol–water partition coefficient (Wildman–Crippen LogP) is 4.89. The first kappa shape index (κ1) is 38.6. The van der Waals surface area contributed by atoms with Crippen molar-refractivity contribution in [2.45, 2.75) is 76.7 Å². The highest BCUT2D eigenvalue weighted by atomic mass is 19.3. The lowest BCUT2D eigenvalue weighted by molar-refractivity contribution is -0.136. The molecule has 2 N–H and O–H groups in total. The van der Waals surface area contributed by atoms with Crippen LogP contribution in [0.2, 0.25) is 0 Å². The SMILES string of the molecule is C[C@@H]1Cc2c([nH]c3ccccc23)[C@@H](c2c(F)cc(N3CC4(CCCN(CC(=O)N5Cc6cc7c(cc6C5)C(=O)N(C5CCC(=O)NC5=O)C7=O)C4)C3)cc2F)N1CC(F)F. The number of anilines is 1. The number of imide groups is 2. The first-order valence-electron chi connectivity index (χ1n) is 20.5. The first-order valence-corrected chi connectivity index (χ1v) is 20.5. The molecule has 7 heterocycles. The van der Waals surface area contributed by atoms with Gasteiger partial charge in [0.05, 0.1) is 30.3 Å². The summed E-state index contributed by atoms with van der Waals surface area (Å²) in [5.41, 5.74) is 4.02. The Morgan fingerprint density at radius 3 is 2.28 bits per heavy atom. The van der Waals surface area contributed by atoms with Crippen LogP contribution in [0.1, 0.15) is 87.3 Å². The summed E-state index contributed by atoms with van der Waals surface area (Å²) < 4.78 is 60.5. The summed E-state index contributed by atoms with van der Waals surface area (Å²) in [5, 5.41) is 3.11. The number of benzene rings is 3. The van der Waals surface area contributed by atoms with E-state index in [2.05, 4.69) is 15.2 Å². The van der Waals surface area contributed by atoms with E-state index in [4.69, 9.17) is 0 Å². The molecule has 12 nitrogen and oxygen atoms in total. The molecule has 16 heteroatoms. The molecule has 0 saturated carbocycles. The molecule has 3 saturated heterocycles.